The normalized spacial score (nSPS) is 14.6. The molecule has 1 rings (SSSR count). The van der Waals surface area contributed by atoms with Crippen LogP contribution in [0.4, 0.5) is 0 Å². The van der Waals surface area contributed by atoms with E-state index in [0.717, 1.165) is 5.56 Å². The quantitative estimate of drug-likeness (QED) is 0.735. The smallest absolute Gasteiger partial charge is 0.323 e. The first-order chi connectivity index (χ1) is 6.83. The highest BCUT2D eigenvalue weighted by atomic mass is 123. The molecule has 0 aliphatic heterocycles. The van der Waals surface area contributed by atoms with Gasteiger partial charge in [0.25, 0.3) is 0 Å². The predicted molar refractivity (Wildman–Crippen MR) is 64.8 cm³/mol. The second kappa shape index (κ2) is 4.36. The molecular formula is C10H12INO3. The van der Waals surface area contributed by atoms with Crippen LogP contribution in [-0.2, 0) is 11.2 Å². The van der Waals surface area contributed by atoms with Crippen LogP contribution in [0.1, 0.15) is 12.5 Å². The summed E-state index contributed by atoms with van der Waals surface area (Å²) in [5, 5.41) is 18.1. The number of benzene rings is 1. The van der Waals surface area contributed by atoms with Gasteiger partial charge in [0.1, 0.15) is 11.3 Å². The molecule has 0 spiro atoms. The third kappa shape index (κ3) is 3.07. The van der Waals surface area contributed by atoms with E-state index in [1.165, 1.54) is 13.0 Å². The molecule has 1 aromatic carbocycles. The molecule has 1 aromatic rings. The van der Waals surface area contributed by atoms with Crippen molar-refractivity contribution >= 4 is 28.6 Å². The van der Waals surface area contributed by atoms with Crippen molar-refractivity contribution in [2.24, 2.45) is 5.73 Å². The third-order valence-corrected chi connectivity index (χ3v) is 2.94. The molecule has 5 heteroatoms. The van der Waals surface area contributed by atoms with E-state index in [2.05, 4.69) is 0 Å². The number of aliphatic carboxylic acids is 1. The van der Waals surface area contributed by atoms with Crippen LogP contribution >= 0.6 is 22.6 Å². The van der Waals surface area contributed by atoms with Gasteiger partial charge in [0.2, 0.25) is 0 Å². The van der Waals surface area contributed by atoms with E-state index < -0.39 is 11.5 Å². The fourth-order valence-corrected chi connectivity index (χ4v) is 1.74. The second-order valence-electron chi connectivity index (χ2n) is 3.69. The second-order valence-corrected chi connectivity index (χ2v) is 4.85. The number of phenolic OH excluding ortho intramolecular Hbond substituents is 1. The molecule has 0 aromatic heterocycles. The van der Waals surface area contributed by atoms with Gasteiger partial charge in [0, 0.05) is 6.42 Å². The van der Waals surface area contributed by atoms with Crippen LogP contribution in [0, 0.1) is 3.57 Å². The Morgan fingerprint density at radius 1 is 1.60 bits per heavy atom. The van der Waals surface area contributed by atoms with Gasteiger partial charge >= 0.3 is 5.97 Å². The lowest BCUT2D eigenvalue weighted by Crippen LogP contribution is -2.46. The first-order valence-corrected chi connectivity index (χ1v) is 5.40. The predicted octanol–water partition coefficient (Wildman–Crippen LogP) is 1.34. The van der Waals surface area contributed by atoms with E-state index in [0.29, 0.717) is 3.57 Å². The number of aromatic hydroxyl groups is 1. The van der Waals surface area contributed by atoms with Crippen molar-refractivity contribution in [1.29, 1.82) is 0 Å². The molecule has 0 amide bonds. The highest BCUT2D eigenvalue weighted by molar-refractivity contribution is 14.1. The van der Waals surface area contributed by atoms with Gasteiger partial charge in [-0.25, -0.2) is 0 Å². The Kier molecular flexibility index (Phi) is 3.56. The number of phenols is 1. The van der Waals surface area contributed by atoms with Gasteiger partial charge in [-0.3, -0.25) is 4.79 Å². The van der Waals surface area contributed by atoms with E-state index >= 15 is 0 Å². The first kappa shape index (κ1) is 12.3. The highest BCUT2D eigenvalue weighted by Gasteiger charge is 2.28. The van der Waals surface area contributed by atoms with Crippen LogP contribution in [0.25, 0.3) is 0 Å². The molecule has 0 fully saturated rings. The van der Waals surface area contributed by atoms with Crippen LogP contribution in [0.15, 0.2) is 18.2 Å². The number of hydrogen-bond donors (Lipinski definition) is 3. The summed E-state index contributed by atoms with van der Waals surface area (Å²) in [6.07, 6.45) is 0.235. The topological polar surface area (TPSA) is 83.5 Å². The molecule has 0 radical (unpaired) electrons. The van der Waals surface area contributed by atoms with Crippen LogP contribution in [0.5, 0.6) is 5.75 Å². The van der Waals surface area contributed by atoms with E-state index in [-0.39, 0.29) is 12.2 Å². The molecule has 1 atom stereocenters. The third-order valence-electron chi connectivity index (χ3n) is 2.07. The summed E-state index contributed by atoms with van der Waals surface area (Å²) in [7, 11) is 0. The van der Waals surface area contributed by atoms with Crippen molar-refractivity contribution in [2.75, 3.05) is 0 Å². The molecule has 82 valence electrons. The van der Waals surface area contributed by atoms with Crippen molar-refractivity contribution in [3.63, 3.8) is 0 Å². The Bertz CT molecular complexity index is 390. The maximum atomic E-state index is 10.8. The molecule has 0 saturated heterocycles. The van der Waals surface area contributed by atoms with Crippen LogP contribution in [-0.4, -0.2) is 21.7 Å². The largest absolute Gasteiger partial charge is 0.507 e. The minimum Gasteiger partial charge on any atom is -0.507 e. The lowest BCUT2D eigenvalue weighted by Gasteiger charge is -2.19. The minimum absolute atomic E-state index is 0.188. The van der Waals surface area contributed by atoms with Crippen LogP contribution < -0.4 is 5.73 Å². The molecule has 0 unspecified atom stereocenters. The number of nitrogens with two attached hydrogens (primary N) is 1. The maximum absolute atomic E-state index is 10.8. The number of rotatable bonds is 3. The number of halogens is 1. The van der Waals surface area contributed by atoms with Crippen LogP contribution in [0.3, 0.4) is 0 Å². The van der Waals surface area contributed by atoms with E-state index in [1.54, 1.807) is 12.1 Å². The van der Waals surface area contributed by atoms with Gasteiger partial charge in [0.15, 0.2) is 0 Å². The van der Waals surface area contributed by atoms with Gasteiger partial charge in [-0.2, -0.15) is 0 Å². The van der Waals surface area contributed by atoms with Gasteiger partial charge in [-0.15, -0.1) is 0 Å². The molecule has 0 saturated carbocycles. The van der Waals surface area contributed by atoms with Gasteiger partial charge in [0.05, 0.1) is 3.57 Å². The number of hydrogen-bond acceptors (Lipinski definition) is 3. The van der Waals surface area contributed by atoms with Crippen molar-refractivity contribution < 1.29 is 15.0 Å². The number of carboxylic acids is 1. The van der Waals surface area contributed by atoms with E-state index in [9.17, 15) is 9.90 Å². The Labute approximate surface area is 101 Å². The average Bonchev–Trinajstić information content (AvgIpc) is 2.10. The Morgan fingerprint density at radius 3 is 2.67 bits per heavy atom. The fourth-order valence-electron chi connectivity index (χ4n) is 1.16. The molecule has 4 N–H and O–H groups in total. The zero-order valence-corrected chi connectivity index (χ0v) is 10.4. The maximum Gasteiger partial charge on any atom is 0.323 e. The first-order valence-electron chi connectivity index (χ1n) is 4.32. The SMILES string of the molecule is C[C@@](N)(Cc1ccc(O)c([123I])c1)C(=O)O. The van der Waals surface area contributed by atoms with Gasteiger partial charge in [-0.05, 0) is 47.2 Å². The van der Waals surface area contributed by atoms with Gasteiger partial charge < -0.3 is 15.9 Å². The number of carbonyl (C=O) groups is 1. The van der Waals surface area contributed by atoms with Crippen molar-refractivity contribution in [3.8, 4) is 5.75 Å². The molecular weight excluding hydrogens is 305 g/mol. The van der Waals surface area contributed by atoms with Gasteiger partial charge in [-0.1, -0.05) is 6.07 Å². The molecule has 4 nitrogen and oxygen atoms in total. The van der Waals surface area contributed by atoms with Crippen molar-refractivity contribution in [3.05, 3.63) is 27.3 Å². The summed E-state index contributed by atoms with van der Waals surface area (Å²) in [6, 6.07) is 4.94. The summed E-state index contributed by atoms with van der Waals surface area (Å²) in [6.45, 7) is 1.47. The monoisotopic (exact) mass is 317 g/mol. The molecule has 0 aliphatic carbocycles. The summed E-state index contributed by atoms with van der Waals surface area (Å²) < 4.78 is 0.686. The number of carboxylic acid groups (broad SMARTS) is 1. The van der Waals surface area contributed by atoms with E-state index in [1.807, 2.05) is 22.6 Å². The zero-order chi connectivity index (χ0) is 11.6. The Hall–Kier alpha value is -0.820. The lowest BCUT2D eigenvalue weighted by atomic mass is 9.94. The van der Waals surface area contributed by atoms with E-state index in [4.69, 9.17) is 10.8 Å². The molecule has 0 aliphatic rings. The summed E-state index contributed by atoms with van der Waals surface area (Å²) >= 11 is 1.98. The Balaban J connectivity index is 2.91. The van der Waals surface area contributed by atoms with Crippen LogP contribution in [0.2, 0.25) is 0 Å². The molecule has 0 heterocycles. The lowest BCUT2D eigenvalue weighted by molar-refractivity contribution is -0.142. The van der Waals surface area contributed by atoms with Crippen molar-refractivity contribution in [2.45, 2.75) is 18.9 Å². The summed E-state index contributed by atoms with van der Waals surface area (Å²) in [4.78, 5) is 10.8. The summed E-state index contributed by atoms with van der Waals surface area (Å²) in [5.41, 5.74) is 5.13. The Morgan fingerprint density at radius 2 is 2.20 bits per heavy atom. The molecule has 15 heavy (non-hydrogen) atoms. The summed E-state index contributed by atoms with van der Waals surface area (Å²) in [5.74, 6) is -0.848. The molecule has 0 bridgehead atoms. The highest BCUT2D eigenvalue weighted by Crippen LogP contribution is 2.22. The average molecular weight is 317 g/mol. The minimum atomic E-state index is -1.28. The fraction of sp³-hybridized carbons (Fsp3) is 0.300. The zero-order valence-electron chi connectivity index (χ0n) is 8.20. The standard InChI is InChI=1S/C10H12INO3/c1-10(12,9(14)15)5-6-2-3-8(13)7(11)4-6/h2-4,13H,5,12H2,1H3,(H,14,15)/t10-/m1/s1/i11-4. The van der Waals surface area contributed by atoms with Crippen molar-refractivity contribution in [1.82, 2.24) is 0 Å².